The van der Waals surface area contributed by atoms with Gasteiger partial charge in [-0.15, -0.1) is 0 Å². The van der Waals surface area contributed by atoms with Crippen LogP contribution >= 0.6 is 0 Å². The number of rotatable bonds is 5. The number of nitrogens with zero attached hydrogens (tertiary/aromatic N) is 4. The molecular formula is C19H22FN5O3. The molecule has 0 aliphatic heterocycles. The molecule has 1 aromatic carbocycles. The molecule has 3 aromatic rings. The number of halogens is 1. The number of nitrogens with one attached hydrogen (secondary N) is 1. The van der Waals surface area contributed by atoms with Crippen LogP contribution in [-0.2, 0) is 25.4 Å². The summed E-state index contributed by atoms with van der Waals surface area (Å²) in [5.41, 5.74) is 0.201. The van der Waals surface area contributed by atoms with E-state index >= 15 is 0 Å². The molecule has 0 unspecified atom stereocenters. The van der Waals surface area contributed by atoms with E-state index in [4.69, 9.17) is 0 Å². The Morgan fingerprint density at radius 3 is 2.39 bits per heavy atom. The van der Waals surface area contributed by atoms with Crippen LogP contribution in [0, 0.1) is 11.7 Å². The lowest BCUT2D eigenvalue weighted by Crippen LogP contribution is -2.38. The molecule has 28 heavy (non-hydrogen) atoms. The predicted octanol–water partition coefficient (Wildman–Crippen LogP) is 1.09. The average Bonchev–Trinajstić information content (AvgIpc) is 3.07. The number of imidazole rings is 1. The highest BCUT2D eigenvalue weighted by Gasteiger charge is 2.20. The number of hydrogen-bond acceptors (Lipinski definition) is 4. The number of aryl methyl sites for hydroxylation is 1. The van der Waals surface area contributed by atoms with E-state index in [0.29, 0.717) is 0 Å². The average molecular weight is 387 g/mol. The quantitative estimate of drug-likeness (QED) is 0.709. The van der Waals surface area contributed by atoms with E-state index in [1.807, 2.05) is 13.8 Å². The first-order valence-corrected chi connectivity index (χ1v) is 8.86. The summed E-state index contributed by atoms with van der Waals surface area (Å²) in [4.78, 5) is 41.2. The van der Waals surface area contributed by atoms with Gasteiger partial charge in [0.25, 0.3) is 5.56 Å². The number of carbonyl (C=O) groups is 1. The van der Waals surface area contributed by atoms with Gasteiger partial charge in [0.15, 0.2) is 11.2 Å². The van der Waals surface area contributed by atoms with Crippen LogP contribution in [0.15, 0.2) is 40.2 Å². The summed E-state index contributed by atoms with van der Waals surface area (Å²) in [6, 6.07) is 5.67. The van der Waals surface area contributed by atoms with Crippen LogP contribution in [0.5, 0.6) is 0 Å². The Kier molecular flexibility index (Phi) is 5.17. The van der Waals surface area contributed by atoms with Gasteiger partial charge in [0, 0.05) is 14.1 Å². The maximum atomic E-state index is 13.2. The molecule has 0 fully saturated rings. The highest BCUT2D eigenvalue weighted by atomic mass is 19.1. The van der Waals surface area contributed by atoms with Gasteiger partial charge >= 0.3 is 5.69 Å². The fourth-order valence-electron chi connectivity index (χ4n) is 3.20. The minimum atomic E-state index is -0.512. The van der Waals surface area contributed by atoms with Gasteiger partial charge < -0.3 is 9.88 Å². The fourth-order valence-corrected chi connectivity index (χ4v) is 3.20. The van der Waals surface area contributed by atoms with Crippen LogP contribution < -0.4 is 16.6 Å². The molecular weight excluding hydrogens is 365 g/mol. The largest absolute Gasteiger partial charge is 0.347 e. The third kappa shape index (κ3) is 3.47. The molecule has 1 amide bonds. The standard InChI is InChI=1S/C19H22FN5O3/c1-11(2)15(12-5-7-13(20)8-6-12)22-14(26)9-25-10-21-17-16(25)18(27)24(4)19(28)23(17)3/h5-8,10-11,15H,9H2,1-4H3,(H,22,26)/t15-/m0/s1. The normalized spacial score (nSPS) is 12.5. The zero-order valence-electron chi connectivity index (χ0n) is 16.1. The van der Waals surface area contributed by atoms with Crippen molar-refractivity contribution in [2.24, 2.45) is 20.0 Å². The molecule has 1 atom stereocenters. The zero-order valence-corrected chi connectivity index (χ0v) is 16.1. The fraction of sp³-hybridized carbons (Fsp3) is 0.368. The molecule has 0 spiro atoms. The van der Waals surface area contributed by atoms with Crippen LogP contribution in [0.2, 0.25) is 0 Å². The van der Waals surface area contributed by atoms with E-state index < -0.39 is 11.2 Å². The zero-order chi connectivity index (χ0) is 20.6. The Hall–Kier alpha value is -3.23. The second kappa shape index (κ2) is 7.41. The minimum Gasteiger partial charge on any atom is -0.347 e. The van der Waals surface area contributed by atoms with Crippen LogP contribution in [-0.4, -0.2) is 24.6 Å². The van der Waals surface area contributed by atoms with Crippen molar-refractivity contribution in [3.05, 3.63) is 62.8 Å². The van der Waals surface area contributed by atoms with Crippen molar-refractivity contribution >= 4 is 17.1 Å². The Morgan fingerprint density at radius 2 is 1.79 bits per heavy atom. The molecule has 9 heteroatoms. The molecule has 2 heterocycles. The van der Waals surface area contributed by atoms with Gasteiger partial charge in [-0.2, -0.15) is 0 Å². The van der Waals surface area contributed by atoms with Gasteiger partial charge in [-0.05, 0) is 23.6 Å². The maximum Gasteiger partial charge on any atom is 0.332 e. The van der Waals surface area contributed by atoms with Crippen molar-refractivity contribution in [1.82, 2.24) is 24.0 Å². The van der Waals surface area contributed by atoms with Crippen molar-refractivity contribution in [3.8, 4) is 0 Å². The summed E-state index contributed by atoms with van der Waals surface area (Å²) in [6.45, 7) is 3.77. The third-order valence-electron chi connectivity index (χ3n) is 4.74. The maximum absolute atomic E-state index is 13.2. The summed E-state index contributed by atoms with van der Waals surface area (Å²) >= 11 is 0. The van der Waals surface area contributed by atoms with E-state index in [-0.39, 0.29) is 41.4 Å². The van der Waals surface area contributed by atoms with E-state index in [9.17, 15) is 18.8 Å². The molecule has 0 radical (unpaired) electrons. The Balaban J connectivity index is 1.89. The first-order valence-electron chi connectivity index (χ1n) is 8.86. The van der Waals surface area contributed by atoms with E-state index in [0.717, 1.165) is 10.1 Å². The van der Waals surface area contributed by atoms with Crippen LogP contribution in [0.3, 0.4) is 0 Å². The molecule has 0 saturated heterocycles. The number of amides is 1. The van der Waals surface area contributed by atoms with Crippen molar-refractivity contribution in [2.75, 3.05) is 0 Å². The lowest BCUT2D eigenvalue weighted by atomic mass is 9.96. The van der Waals surface area contributed by atoms with Crippen molar-refractivity contribution in [1.29, 1.82) is 0 Å². The number of fused-ring (bicyclic) bond motifs is 1. The Labute approximate surface area is 160 Å². The van der Waals surface area contributed by atoms with Gasteiger partial charge in [0.2, 0.25) is 5.91 Å². The molecule has 1 N–H and O–H groups in total. The van der Waals surface area contributed by atoms with Crippen LogP contribution in [0.1, 0.15) is 25.5 Å². The molecule has 8 nitrogen and oxygen atoms in total. The second-order valence-electron chi connectivity index (χ2n) is 7.09. The minimum absolute atomic E-state index is 0.0719. The Bertz CT molecular complexity index is 1140. The topological polar surface area (TPSA) is 90.9 Å². The number of carbonyl (C=O) groups excluding carboxylic acids is 1. The van der Waals surface area contributed by atoms with Crippen molar-refractivity contribution in [3.63, 3.8) is 0 Å². The summed E-state index contributed by atoms with van der Waals surface area (Å²) in [5, 5.41) is 2.93. The Morgan fingerprint density at radius 1 is 1.14 bits per heavy atom. The monoisotopic (exact) mass is 387 g/mol. The molecule has 0 aliphatic carbocycles. The van der Waals surface area contributed by atoms with E-state index in [1.165, 1.54) is 41.7 Å². The first-order chi connectivity index (χ1) is 13.2. The van der Waals surface area contributed by atoms with Crippen LogP contribution in [0.4, 0.5) is 4.39 Å². The van der Waals surface area contributed by atoms with Gasteiger partial charge in [-0.1, -0.05) is 26.0 Å². The number of hydrogen-bond donors (Lipinski definition) is 1. The lowest BCUT2D eigenvalue weighted by molar-refractivity contribution is -0.122. The predicted molar refractivity (Wildman–Crippen MR) is 102 cm³/mol. The molecule has 0 bridgehead atoms. The summed E-state index contributed by atoms with van der Waals surface area (Å²) in [5.74, 6) is -0.593. The molecule has 0 saturated carbocycles. The van der Waals surface area contributed by atoms with Gasteiger partial charge in [0.1, 0.15) is 12.4 Å². The summed E-state index contributed by atoms with van der Waals surface area (Å²) in [7, 11) is 2.90. The number of benzene rings is 1. The van der Waals surface area contributed by atoms with Crippen molar-refractivity contribution < 1.29 is 9.18 Å². The number of aromatic nitrogens is 4. The van der Waals surface area contributed by atoms with Gasteiger partial charge in [-0.25, -0.2) is 14.2 Å². The highest BCUT2D eigenvalue weighted by Crippen LogP contribution is 2.22. The highest BCUT2D eigenvalue weighted by molar-refractivity contribution is 5.79. The molecule has 148 valence electrons. The molecule has 0 aliphatic rings. The van der Waals surface area contributed by atoms with E-state index in [2.05, 4.69) is 10.3 Å². The van der Waals surface area contributed by atoms with Crippen molar-refractivity contribution in [2.45, 2.75) is 26.4 Å². The van der Waals surface area contributed by atoms with E-state index in [1.54, 1.807) is 12.1 Å². The van der Waals surface area contributed by atoms with Gasteiger partial charge in [-0.3, -0.25) is 18.7 Å². The summed E-state index contributed by atoms with van der Waals surface area (Å²) in [6.07, 6.45) is 1.37. The smallest absolute Gasteiger partial charge is 0.332 e. The summed E-state index contributed by atoms with van der Waals surface area (Å²) < 4.78 is 16.9. The van der Waals surface area contributed by atoms with Gasteiger partial charge in [0.05, 0.1) is 12.4 Å². The molecule has 3 rings (SSSR count). The molecule has 2 aromatic heterocycles. The third-order valence-corrected chi connectivity index (χ3v) is 4.74. The lowest BCUT2D eigenvalue weighted by Gasteiger charge is -2.23. The van der Waals surface area contributed by atoms with Crippen LogP contribution in [0.25, 0.3) is 11.2 Å². The first kappa shape index (κ1) is 19.5. The SMILES string of the molecule is CC(C)[C@H](NC(=O)Cn1cnc2c1c(=O)n(C)c(=O)n2C)c1ccc(F)cc1. The second-order valence-corrected chi connectivity index (χ2v) is 7.09.